The van der Waals surface area contributed by atoms with Crippen LogP contribution in [0.25, 0.3) is 0 Å². The summed E-state index contributed by atoms with van der Waals surface area (Å²) in [6, 6.07) is 10.7. The molecule has 2 amide bonds. The molecule has 1 saturated heterocycles. The van der Waals surface area contributed by atoms with E-state index >= 15 is 0 Å². The Morgan fingerprint density at radius 3 is 2.59 bits per heavy atom. The van der Waals surface area contributed by atoms with Crippen molar-refractivity contribution < 1.29 is 31.9 Å². The summed E-state index contributed by atoms with van der Waals surface area (Å²) in [4.78, 5) is 26.9. The van der Waals surface area contributed by atoms with Crippen LogP contribution in [0.5, 0.6) is 5.75 Å². The molecule has 1 N–H and O–H groups in total. The Bertz CT molecular complexity index is 917. The fraction of sp³-hybridized carbons (Fsp3) is 0.300. The van der Waals surface area contributed by atoms with Crippen LogP contribution in [0.15, 0.2) is 48.5 Å². The molecule has 2 unspecified atom stereocenters. The molecule has 0 aliphatic carbocycles. The average molecular weight is 410 g/mol. The van der Waals surface area contributed by atoms with Crippen molar-refractivity contribution in [3.8, 4) is 5.75 Å². The van der Waals surface area contributed by atoms with Crippen molar-refractivity contribution in [2.75, 3.05) is 18.9 Å². The normalized spacial score (nSPS) is 19.8. The maximum Gasteiger partial charge on any atom is 0.573 e. The van der Waals surface area contributed by atoms with E-state index in [1.165, 1.54) is 54.4 Å². The van der Waals surface area contributed by atoms with Gasteiger partial charge in [0.05, 0.1) is 5.69 Å². The van der Waals surface area contributed by atoms with Gasteiger partial charge in [0, 0.05) is 19.5 Å². The van der Waals surface area contributed by atoms with E-state index in [0.29, 0.717) is 18.5 Å². The van der Waals surface area contributed by atoms with Gasteiger partial charge >= 0.3 is 6.36 Å². The number of likely N-dealkylation sites (tertiary alicyclic amines) is 1. The molecule has 0 aromatic heterocycles. The van der Waals surface area contributed by atoms with E-state index in [4.69, 9.17) is 0 Å². The highest BCUT2D eigenvalue weighted by Crippen LogP contribution is 2.36. The molecule has 2 aromatic rings. The highest BCUT2D eigenvalue weighted by Gasteiger charge is 2.41. The molecule has 0 spiro atoms. The standard InChI is InChI=1S/C20H18F4N2O3/c1-26-10-9-14(12-5-4-6-13(11-12)29-20(22,23)24)17(19(26)28)18(27)25-16-8-3-2-7-15(16)21/h2-8,11,14,17H,9-10H2,1H3,(H,25,27). The van der Waals surface area contributed by atoms with E-state index in [1.807, 2.05) is 0 Å². The van der Waals surface area contributed by atoms with Gasteiger partial charge in [0.1, 0.15) is 17.5 Å². The number of halogens is 4. The molecule has 1 aliphatic heterocycles. The number of carbonyl (C=O) groups excluding carboxylic acids is 2. The van der Waals surface area contributed by atoms with Gasteiger partial charge in [-0.05, 0) is 36.2 Å². The van der Waals surface area contributed by atoms with Crippen LogP contribution in [0.4, 0.5) is 23.2 Å². The largest absolute Gasteiger partial charge is 0.573 e. The number of hydrogen-bond donors (Lipinski definition) is 1. The number of para-hydroxylation sites is 1. The van der Waals surface area contributed by atoms with Crippen molar-refractivity contribution in [2.24, 2.45) is 5.92 Å². The van der Waals surface area contributed by atoms with Crippen molar-refractivity contribution >= 4 is 17.5 Å². The van der Waals surface area contributed by atoms with Crippen molar-refractivity contribution in [3.05, 3.63) is 59.9 Å². The van der Waals surface area contributed by atoms with Gasteiger partial charge < -0.3 is 15.0 Å². The molecule has 0 bridgehead atoms. The van der Waals surface area contributed by atoms with E-state index in [-0.39, 0.29) is 5.69 Å². The van der Waals surface area contributed by atoms with Crippen LogP contribution in [0, 0.1) is 11.7 Å². The third kappa shape index (κ3) is 4.85. The predicted octanol–water partition coefficient (Wildman–Crippen LogP) is 3.92. The monoisotopic (exact) mass is 410 g/mol. The minimum atomic E-state index is -4.86. The molecule has 1 fully saturated rings. The number of hydrogen-bond acceptors (Lipinski definition) is 3. The second-order valence-electron chi connectivity index (χ2n) is 6.72. The van der Waals surface area contributed by atoms with Gasteiger partial charge in [-0.2, -0.15) is 0 Å². The average Bonchev–Trinajstić information content (AvgIpc) is 2.64. The SMILES string of the molecule is CN1CCC(c2cccc(OC(F)(F)F)c2)C(C(=O)Nc2ccccc2F)C1=O. The van der Waals surface area contributed by atoms with Crippen molar-refractivity contribution in [1.82, 2.24) is 4.90 Å². The molecule has 1 heterocycles. The van der Waals surface area contributed by atoms with Crippen LogP contribution in [0.3, 0.4) is 0 Å². The van der Waals surface area contributed by atoms with Gasteiger partial charge in [0.25, 0.3) is 0 Å². The Balaban J connectivity index is 1.90. The summed E-state index contributed by atoms with van der Waals surface area (Å²) in [5.74, 6) is -4.20. The van der Waals surface area contributed by atoms with Gasteiger partial charge in [-0.1, -0.05) is 24.3 Å². The Morgan fingerprint density at radius 1 is 1.17 bits per heavy atom. The highest BCUT2D eigenvalue weighted by atomic mass is 19.4. The number of rotatable bonds is 4. The molecular formula is C20H18F4N2O3. The summed E-state index contributed by atoms with van der Waals surface area (Å²) in [6.45, 7) is 0.331. The molecule has 154 valence electrons. The molecular weight excluding hydrogens is 392 g/mol. The first-order chi connectivity index (χ1) is 13.7. The number of amides is 2. The van der Waals surface area contributed by atoms with Gasteiger partial charge in [-0.25, -0.2) is 4.39 Å². The van der Waals surface area contributed by atoms with Crippen LogP contribution in [0.2, 0.25) is 0 Å². The van der Waals surface area contributed by atoms with Crippen molar-refractivity contribution in [2.45, 2.75) is 18.7 Å². The van der Waals surface area contributed by atoms with Gasteiger partial charge in [-0.15, -0.1) is 13.2 Å². The van der Waals surface area contributed by atoms with Crippen molar-refractivity contribution in [1.29, 1.82) is 0 Å². The number of anilines is 1. The third-order valence-corrected chi connectivity index (χ3v) is 4.75. The van der Waals surface area contributed by atoms with Gasteiger partial charge in [0.15, 0.2) is 0 Å². The summed E-state index contributed by atoms with van der Waals surface area (Å²) in [5.41, 5.74) is 0.285. The molecule has 2 aromatic carbocycles. The fourth-order valence-corrected chi connectivity index (χ4v) is 3.39. The summed E-state index contributed by atoms with van der Waals surface area (Å²) in [6.07, 6.45) is -4.50. The van der Waals surface area contributed by atoms with Crippen LogP contribution >= 0.6 is 0 Å². The number of carbonyl (C=O) groups is 2. The quantitative estimate of drug-likeness (QED) is 0.614. The Labute approximate surface area is 164 Å². The van der Waals surface area contributed by atoms with Crippen LogP contribution < -0.4 is 10.1 Å². The Morgan fingerprint density at radius 2 is 1.90 bits per heavy atom. The lowest BCUT2D eigenvalue weighted by Crippen LogP contribution is -2.47. The minimum Gasteiger partial charge on any atom is -0.406 e. The first-order valence-electron chi connectivity index (χ1n) is 8.82. The number of ether oxygens (including phenoxy) is 1. The number of piperidine rings is 1. The minimum absolute atomic E-state index is 0.0774. The number of alkyl halides is 3. The molecule has 0 saturated carbocycles. The first kappa shape index (κ1) is 20.6. The molecule has 5 nitrogen and oxygen atoms in total. The lowest BCUT2D eigenvalue weighted by molar-refractivity contribution is -0.274. The molecule has 1 aliphatic rings. The smallest absolute Gasteiger partial charge is 0.406 e. The zero-order valence-corrected chi connectivity index (χ0v) is 15.4. The zero-order chi connectivity index (χ0) is 21.2. The lowest BCUT2D eigenvalue weighted by Gasteiger charge is -2.35. The topological polar surface area (TPSA) is 58.6 Å². The number of nitrogens with zero attached hydrogens (tertiary/aromatic N) is 1. The lowest BCUT2D eigenvalue weighted by atomic mass is 9.79. The van der Waals surface area contributed by atoms with E-state index < -0.39 is 41.6 Å². The third-order valence-electron chi connectivity index (χ3n) is 4.75. The fourth-order valence-electron chi connectivity index (χ4n) is 3.39. The molecule has 9 heteroatoms. The molecule has 0 radical (unpaired) electrons. The van der Waals surface area contributed by atoms with Crippen LogP contribution in [0.1, 0.15) is 17.9 Å². The number of benzene rings is 2. The summed E-state index contributed by atoms with van der Waals surface area (Å²) in [7, 11) is 1.53. The van der Waals surface area contributed by atoms with E-state index in [0.717, 1.165) is 6.07 Å². The molecule has 2 atom stereocenters. The van der Waals surface area contributed by atoms with Crippen LogP contribution in [-0.2, 0) is 9.59 Å². The predicted molar refractivity (Wildman–Crippen MR) is 96.6 cm³/mol. The van der Waals surface area contributed by atoms with E-state index in [2.05, 4.69) is 10.1 Å². The maximum atomic E-state index is 13.9. The molecule has 3 rings (SSSR count). The van der Waals surface area contributed by atoms with Crippen LogP contribution in [-0.4, -0.2) is 36.7 Å². The number of nitrogens with one attached hydrogen (secondary N) is 1. The first-order valence-corrected chi connectivity index (χ1v) is 8.82. The van der Waals surface area contributed by atoms with Gasteiger partial charge in [0.2, 0.25) is 11.8 Å². The second-order valence-corrected chi connectivity index (χ2v) is 6.72. The second kappa shape index (κ2) is 8.10. The van der Waals surface area contributed by atoms with E-state index in [9.17, 15) is 27.2 Å². The highest BCUT2D eigenvalue weighted by molar-refractivity contribution is 6.07. The summed E-state index contributed by atoms with van der Waals surface area (Å²) >= 11 is 0. The zero-order valence-electron chi connectivity index (χ0n) is 15.4. The Hall–Kier alpha value is -3.10. The molecule has 29 heavy (non-hydrogen) atoms. The van der Waals surface area contributed by atoms with E-state index in [1.54, 1.807) is 0 Å². The van der Waals surface area contributed by atoms with Gasteiger partial charge in [-0.3, -0.25) is 9.59 Å². The van der Waals surface area contributed by atoms with Crippen molar-refractivity contribution in [3.63, 3.8) is 0 Å². The Kier molecular flexibility index (Phi) is 5.76. The summed E-state index contributed by atoms with van der Waals surface area (Å²) in [5, 5.41) is 2.41. The maximum absolute atomic E-state index is 13.9. The summed E-state index contributed by atoms with van der Waals surface area (Å²) < 4.78 is 55.4.